The molecular weight excluding hydrogens is 281 g/mol. The first-order chi connectivity index (χ1) is 9.90. The number of halogens is 3. The lowest BCUT2D eigenvalue weighted by Crippen LogP contribution is -2.23. The molecular formula is C15H21F3N2O. The smallest absolute Gasteiger partial charge is 0.399 e. The number of nitrogens with two attached hydrogens (primary N) is 1. The number of alkyl halides is 3. The average Bonchev–Trinajstić information content (AvgIpc) is 2.86. The van der Waals surface area contributed by atoms with E-state index in [1.165, 1.54) is 0 Å². The highest BCUT2D eigenvalue weighted by Crippen LogP contribution is 2.34. The minimum atomic E-state index is -4.37. The third-order valence-corrected chi connectivity index (χ3v) is 3.63. The molecule has 1 aliphatic heterocycles. The molecule has 0 aromatic heterocycles. The zero-order valence-electron chi connectivity index (χ0n) is 12.1. The van der Waals surface area contributed by atoms with Crippen LogP contribution in [0.15, 0.2) is 18.2 Å². The highest BCUT2D eigenvalue weighted by Gasteiger charge is 2.32. The number of nitrogens with zero attached hydrogens (tertiary/aromatic N) is 1. The predicted octanol–water partition coefficient (Wildman–Crippen LogP) is 3.68. The molecule has 1 fully saturated rings. The van der Waals surface area contributed by atoms with Gasteiger partial charge < -0.3 is 15.4 Å². The second kappa shape index (κ2) is 6.56. The van der Waals surface area contributed by atoms with Gasteiger partial charge in [-0.15, -0.1) is 0 Å². The Bertz CT molecular complexity index is 476. The van der Waals surface area contributed by atoms with Crippen LogP contribution in [0.4, 0.5) is 24.5 Å². The first-order valence-corrected chi connectivity index (χ1v) is 7.24. The minimum absolute atomic E-state index is 0.0901. The van der Waals surface area contributed by atoms with Crippen LogP contribution in [0.5, 0.6) is 0 Å². The molecule has 1 saturated heterocycles. The Labute approximate surface area is 122 Å². The van der Waals surface area contributed by atoms with Gasteiger partial charge in [0.05, 0.1) is 11.7 Å². The summed E-state index contributed by atoms with van der Waals surface area (Å²) in [5, 5.41) is 0. The van der Waals surface area contributed by atoms with E-state index >= 15 is 0 Å². The first-order valence-electron chi connectivity index (χ1n) is 7.24. The SMILES string of the molecule is CCCCO[C@H]1CCN(c2cc(N)cc(C(F)(F)F)c2)C1. The fraction of sp³-hybridized carbons (Fsp3) is 0.600. The normalized spacial score (nSPS) is 19.2. The number of nitrogen functional groups attached to an aromatic ring is 1. The third-order valence-electron chi connectivity index (χ3n) is 3.63. The molecule has 6 heteroatoms. The summed E-state index contributed by atoms with van der Waals surface area (Å²) in [6.07, 6.45) is -1.37. The Balaban J connectivity index is 2.04. The van der Waals surface area contributed by atoms with Crippen LogP contribution < -0.4 is 10.6 Å². The fourth-order valence-corrected chi connectivity index (χ4v) is 2.47. The number of rotatable bonds is 5. The van der Waals surface area contributed by atoms with Crippen LogP contribution in [0.3, 0.4) is 0 Å². The Hall–Kier alpha value is -1.43. The number of hydrogen-bond acceptors (Lipinski definition) is 3. The van der Waals surface area contributed by atoms with E-state index in [2.05, 4.69) is 6.92 Å². The van der Waals surface area contributed by atoms with Crippen molar-refractivity contribution < 1.29 is 17.9 Å². The van der Waals surface area contributed by atoms with Gasteiger partial charge in [0.25, 0.3) is 0 Å². The van der Waals surface area contributed by atoms with E-state index in [1.807, 2.05) is 4.90 Å². The number of ether oxygens (including phenoxy) is 1. The second-order valence-corrected chi connectivity index (χ2v) is 5.39. The summed E-state index contributed by atoms with van der Waals surface area (Å²) >= 11 is 0. The Morgan fingerprint density at radius 1 is 1.33 bits per heavy atom. The van der Waals surface area contributed by atoms with Crippen molar-refractivity contribution in [2.75, 3.05) is 30.3 Å². The third kappa shape index (κ3) is 4.27. The number of benzene rings is 1. The zero-order chi connectivity index (χ0) is 15.5. The maximum atomic E-state index is 12.8. The molecule has 2 N–H and O–H groups in total. The van der Waals surface area contributed by atoms with E-state index in [0.29, 0.717) is 25.4 Å². The molecule has 0 radical (unpaired) electrons. The number of unbranched alkanes of at least 4 members (excludes halogenated alkanes) is 1. The first kappa shape index (κ1) is 15.9. The van der Waals surface area contributed by atoms with Gasteiger partial charge in [-0.3, -0.25) is 0 Å². The van der Waals surface area contributed by atoms with Gasteiger partial charge in [-0.05, 0) is 31.0 Å². The van der Waals surface area contributed by atoms with Gasteiger partial charge >= 0.3 is 6.18 Å². The van der Waals surface area contributed by atoms with Crippen LogP contribution >= 0.6 is 0 Å². The van der Waals surface area contributed by atoms with E-state index in [1.54, 1.807) is 6.07 Å². The van der Waals surface area contributed by atoms with E-state index in [9.17, 15) is 13.2 Å². The van der Waals surface area contributed by atoms with Crippen molar-refractivity contribution >= 4 is 11.4 Å². The molecule has 0 spiro atoms. The summed E-state index contributed by atoms with van der Waals surface area (Å²) in [4.78, 5) is 1.90. The molecule has 0 unspecified atom stereocenters. The maximum Gasteiger partial charge on any atom is 0.416 e. The highest BCUT2D eigenvalue weighted by atomic mass is 19.4. The van der Waals surface area contributed by atoms with Crippen molar-refractivity contribution in [3.63, 3.8) is 0 Å². The lowest BCUT2D eigenvalue weighted by Gasteiger charge is -2.21. The molecule has 2 rings (SSSR count). The fourth-order valence-electron chi connectivity index (χ4n) is 2.47. The van der Waals surface area contributed by atoms with Gasteiger partial charge in [-0.25, -0.2) is 0 Å². The molecule has 1 aromatic carbocycles. The molecule has 0 aliphatic carbocycles. The molecule has 1 atom stereocenters. The predicted molar refractivity (Wildman–Crippen MR) is 77.3 cm³/mol. The minimum Gasteiger partial charge on any atom is -0.399 e. The topological polar surface area (TPSA) is 38.5 Å². The number of hydrogen-bond donors (Lipinski definition) is 1. The van der Waals surface area contributed by atoms with Gasteiger partial charge in [0.1, 0.15) is 0 Å². The molecule has 3 nitrogen and oxygen atoms in total. The average molecular weight is 302 g/mol. The summed E-state index contributed by atoms with van der Waals surface area (Å²) in [7, 11) is 0. The zero-order valence-corrected chi connectivity index (χ0v) is 12.1. The monoisotopic (exact) mass is 302 g/mol. The van der Waals surface area contributed by atoms with Crippen LogP contribution in [0, 0.1) is 0 Å². The molecule has 0 amide bonds. The lowest BCUT2D eigenvalue weighted by atomic mass is 10.1. The summed E-state index contributed by atoms with van der Waals surface area (Å²) in [5.74, 6) is 0. The molecule has 1 aliphatic rings. The van der Waals surface area contributed by atoms with Crippen molar-refractivity contribution in [1.29, 1.82) is 0 Å². The van der Waals surface area contributed by atoms with Crippen molar-refractivity contribution in [2.24, 2.45) is 0 Å². The largest absolute Gasteiger partial charge is 0.416 e. The van der Waals surface area contributed by atoms with E-state index in [4.69, 9.17) is 10.5 Å². The Morgan fingerprint density at radius 3 is 2.76 bits per heavy atom. The maximum absolute atomic E-state index is 12.8. The van der Waals surface area contributed by atoms with Gasteiger partial charge in [-0.2, -0.15) is 13.2 Å². The van der Waals surface area contributed by atoms with Gasteiger partial charge in [0.15, 0.2) is 0 Å². The van der Waals surface area contributed by atoms with E-state index < -0.39 is 11.7 Å². The van der Waals surface area contributed by atoms with Crippen LogP contribution in [0.2, 0.25) is 0 Å². The lowest BCUT2D eigenvalue weighted by molar-refractivity contribution is -0.137. The van der Waals surface area contributed by atoms with E-state index in [-0.39, 0.29) is 11.8 Å². The van der Waals surface area contributed by atoms with Crippen molar-refractivity contribution in [1.82, 2.24) is 0 Å². The van der Waals surface area contributed by atoms with Crippen molar-refractivity contribution in [3.05, 3.63) is 23.8 Å². The van der Waals surface area contributed by atoms with Gasteiger partial charge in [0, 0.05) is 31.1 Å². The van der Waals surface area contributed by atoms with Crippen LogP contribution in [0.1, 0.15) is 31.7 Å². The van der Waals surface area contributed by atoms with Crippen LogP contribution in [-0.4, -0.2) is 25.8 Å². The molecule has 118 valence electrons. The Morgan fingerprint density at radius 2 is 2.10 bits per heavy atom. The quantitative estimate of drug-likeness (QED) is 0.666. The van der Waals surface area contributed by atoms with Crippen LogP contribution in [-0.2, 0) is 10.9 Å². The molecule has 0 saturated carbocycles. The van der Waals surface area contributed by atoms with Crippen molar-refractivity contribution in [3.8, 4) is 0 Å². The molecule has 1 heterocycles. The van der Waals surface area contributed by atoms with Crippen molar-refractivity contribution in [2.45, 2.75) is 38.5 Å². The number of anilines is 2. The Kier molecular flexibility index (Phi) is 4.98. The second-order valence-electron chi connectivity index (χ2n) is 5.39. The molecule has 21 heavy (non-hydrogen) atoms. The van der Waals surface area contributed by atoms with Gasteiger partial charge in [-0.1, -0.05) is 13.3 Å². The molecule has 0 bridgehead atoms. The van der Waals surface area contributed by atoms with E-state index in [0.717, 1.165) is 31.4 Å². The summed E-state index contributed by atoms with van der Waals surface area (Å²) in [6.45, 7) is 4.11. The summed E-state index contributed by atoms with van der Waals surface area (Å²) in [5.41, 5.74) is 5.55. The summed E-state index contributed by atoms with van der Waals surface area (Å²) < 4.78 is 44.2. The standard InChI is InChI=1S/C15H21F3N2O/c1-2-3-6-21-14-4-5-20(10-14)13-8-11(15(16,17)18)7-12(19)9-13/h7-9,14H,2-6,10,19H2,1H3/t14-/m0/s1. The van der Waals surface area contributed by atoms with Gasteiger partial charge in [0.2, 0.25) is 0 Å². The summed E-state index contributed by atoms with van der Waals surface area (Å²) in [6, 6.07) is 3.71. The van der Waals surface area contributed by atoms with Crippen LogP contribution in [0.25, 0.3) is 0 Å². The highest BCUT2D eigenvalue weighted by molar-refractivity contribution is 5.59. The molecule has 1 aromatic rings.